The Labute approximate surface area is 97.9 Å². The molecule has 90 valence electrons. The maximum Gasteiger partial charge on any atom is 0.343 e. The molecule has 1 unspecified atom stereocenters. The summed E-state index contributed by atoms with van der Waals surface area (Å²) in [4.78, 5) is 20.5. The van der Waals surface area contributed by atoms with E-state index in [1.165, 1.54) is 12.8 Å². The molecule has 0 aliphatic rings. The standard InChI is InChI=1S/C11H22O3S/c1-3-5-6-10(4-2)9-13-14-11(12)7-8-15/h10,15H,3-9H2,1-2H3. The summed E-state index contributed by atoms with van der Waals surface area (Å²) in [6.07, 6.45) is 4.89. The molecule has 4 heteroatoms. The third-order valence-electron chi connectivity index (χ3n) is 2.31. The minimum Gasteiger partial charge on any atom is -0.298 e. The third-order valence-corrected chi connectivity index (χ3v) is 2.54. The van der Waals surface area contributed by atoms with Crippen molar-refractivity contribution in [2.24, 2.45) is 5.92 Å². The highest BCUT2D eigenvalue weighted by atomic mass is 32.1. The average Bonchev–Trinajstić information content (AvgIpc) is 2.23. The van der Waals surface area contributed by atoms with Gasteiger partial charge in [-0.1, -0.05) is 33.1 Å². The van der Waals surface area contributed by atoms with Crippen molar-refractivity contribution in [2.75, 3.05) is 12.4 Å². The Bertz CT molecular complexity index is 162. The van der Waals surface area contributed by atoms with Gasteiger partial charge in [0.05, 0.1) is 13.0 Å². The largest absolute Gasteiger partial charge is 0.343 e. The van der Waals surface area contributed by atoms with Gasteiger partial charge < -0.3 is 0 Å². The maximum absolute atomic E-state index is 10.9. The van der Waals surface area contributed by atoms with Gasteiger partial charge in [0.15, 0.2) is 0 Å². The molecule has 0 aliphatic heterocycles. The fraction of sp³-hybridized carbons (Fsp3) is 0.909. The minimum atomic E-state index is -0.338. The molecule has 0 saturated heterocycles. The van der Waals surface area contributed by atoms with Gasteiger partial charge in [0, 0.05) is 5.75 Å². The van der Waals surface area contributed by atoms with E-state index in [2.05, 4.69) is 31.4 Å². The summed E-state index contributed by atoms with van der Waals surface area (Å²) in [5.74, 6) is 0.652. The van der Waals surface area contributed by atoms with Crippen molar-refractivity contribution in [2.45, 2.75) is 46.0 Å². The molecule has 0 aromatic carbocycles. The van der Waals surface area contributed by atoms with E-state index in [-0.39, 0.29) is 5.97 Å². The number of carbonyl (C=O) groups is 1. The molecule has 0 N–H and O–H groups in total. The van der Waals surface area contributed by atoms with Crippen molar-refractivity contribution in [3.05, 3.63) is 0 Å². The molecule has 15 heavy (non-hydrogen) atoms. The Hall–Kier alpha value is -0.220. The molecule has 0 saturated carbocycles. The van der Waals surface area contributed by atoms with Crippen LogP contribution in [0.15, 0.2) is 0 Å². The molecule has 0 radical (unpaired) electrons. The lowest BCUT2D eigenvalue weighted by molar-refractivity contribution is -0.278. The SMILES string of the molecule is CCCCC(CC)COOC(=O)CCS. The Morgan fingerprint density at radius 2 is 2.13 bits per heavy atom. The number of carbonyl (C=O) groups excluding carboxylic acids is 1. The molecule has 0 aromatic heterocycles. The molecule has 1 atom stereocenters. The van der Waals surface area contributed by atoms with E-state index in [1.54, 1.807) is 0 Å². The second kappa shape index (κ2) is 10.3. The Morgan fingerprint density at radius 3 is 2.67 bits per heavy atom. The molecule has 0 aromatic rings. The summed E-state index contributed by atoms with van der Waals surface area (Å²) < 4.78 is 0. The lowest BCUT2D eigenvalue weighted by atomic mass is 10.0. The summed E-state index contributed by atoms with van der Waals surface area (Å²) in [5, 5.41) is 0. The lowest BCUT2D eigenvalue weighted by Crippen LogP contribution is -2.13. The molecule has 0 spiro atoms. The number of unbranched alkanes of at least 4 members (excludes halogenated alkanes) is 1. The van der Waals surface area contributed by atoms with Gasteiger partial charge in [-0.25, -0.2) is 4.79 Å². The van der Waals surface area contributed by atoms with E-state index in [9.17, 15) is 4.79 Å². The van der Waals surface area contributed by atoms with Gasteiger partial charge >= 0.3 is 5.97 Å². The number of hydrogen-bond donors (Lipinski definition) is 1. The van der Waals surface area contributed by atoms with E-state index in [1.807, 2.05) is 0 Å². The topological polar surface area (TPSA) is 35.5 Å². The van der Waals surface area contributed by atoms with Crippen molar-refractivity contribution < 1.29 is 14.6 Å². The van der Waals surface area contributed by atoms with Crippen LogP contribution in [0.4, 0.5) is 0 Å². The van der Waals surface area contributed by atoms with Crippen molar-refractivity contribution in [1.82, 2.24) is 0 Å². The summed E-state index contributed by atoms with van der Waals surface area (Å²) >= 11 is 3.93. The van der Waals surface area contributed by atoms with Crippen molar-refractivity contribution >= 4 is 18.6 Å². The minimum absolute atomic E-state index is 0.300. The monoisotopic (exact) mass is 234 g/mol. The zero-order valence-electron chi connectivity index (χ0n) is 9.70. The summed E-state index contributed by atoms with van der Waals surface area (Å²) in [7, 11) is 0. The van der Waals surface area contributed by atoms with E-state index in [0.717, 1.165) is 12.8 Å². The van der Waals surface area contributed by atoms with Crippen molar-refractivity contribution in [3.8, 4) is 0 Å². The first-order valence-electron chi connectivity index (χ1n) is 5.67. The molecular formula is C11H22O3S. The smallest absolute Gasteiger partial charge is 0.298 e. The van der Waals surface area contributed by atoms with Gasteiger partial charge in [-0.15, -0.1) is 0 Å². The van der Waals surface area contributed by atoms with Crippen LogP contribution < -0.4 is 0 Å². The quantitative estimate of drug-likeness (QED) is 0.378. The first kappa shape index (κ1) is 14.8. The highest BCUT2D eigenvalue weighted by Crippen LogP contribution is 2.12. The molecular weight excluding hydrogens is 212 g/mol. The fourth-order valence-corrected chi connectivity index (χ4v) is 1.41. The zero-order valence-corrected chi connectivity index (χ0v) is 10.6. The molecule has 0 bridgehead atoms. The van der Waals surface area contributed by atoms with E-state index < -0.39 is 0 Å². The van der Waals surface area contributed by atoms with Gasteiger partial charge in [0.1, 0.15) is 0 Å². The Balaban J connectivity index is 3.49. The van der Waals surface area contributed by atoms with E-state index in [4.69, 9.17) is 4.89 Å². The predicted octanol–water partition coefficient (Wildman–Crippen LogP) is 3.00. The number of rotatable bonds is 9. The van der Waals surface area contributed by atoms with E-state index >= 15 is 0 Å². The summed E-state index contributed by atoms with van der Waals surface area (Å²) in [6, 6.07) is 0. The van der Waals surface area contributed by atoms with E-state index in [0.29, 0.717) is 24.7 Å². The zero-order chi connectivity index (χ0) is 11.5. The fourth-order valence-electron chi connectivity index (χ4n) is 1.23. The third kappa shape index (κ3) is 8.75. The molecule has 0 rings (SSSR count). The Kier molecular flexibility index (Phi) is 10.2. The molecule has 0 amide bonds. The lowest BCUT2D eigenvalue weighted by Gasteiger charge is -2.13. The van der Waals surface area contributed by atoms with Crippen molar-refractivity contribution in [1.29, 1.82) is 0 Å². The van der Waals surface area contributed by atoms with Crippen LogP contribution in [0.1, 0.15) is 46.0 Å². The second-order valence-corrected chi connectivity index (χ2v) is 4.08. The van der Waals surface area contributed by atoms with Crippen LogP contribution in [0.3, 0.4) is 0 Å². The van der Waals surface area contributed by atoms with Crippen LogP contribution in [-0.2, 0) is 14.6 Å². The molecule has 3 nitrogen and oxygen atoms in total. The molecule has 0 fully saturated rings. The van der Waals surface area contributed by atoms with Crippen LogP contribution in [0, 0.1) is 5.92 Å². The number of thiol groups is 1. The second-order valence-electron chi connectivity index (χ2n) is 3.63. The Morgan fingerprint density at radius 1 is 1.40 bits per heavy atom. The van der Waals surface area contributed by atoms with Crippen LogP contribution >= 0.6 is 12.6 Å². The summed E-state index contributed by atoms with van der Waals surface area (Å²) in [5.41, 5.74) is 0. The van der Waals surface area contributed by atoms with Crippen LogP contribution in [0.2, 0.25) is 0 Å². The molecule has 0 aliphatic carbocycles. The van der Waals surface area contributed by atoms with Gasteiger partial charge in [0.2, 0.25) is 0 Å². The van der Waals surface area contributed by atoms with Gasteiger partial charge in [-0.05, 0) is 12.3 Å². The van der Waals surface area contributed by atoms with Gasteiger partial charge in [-0.2, -0.15) is 17.5 Å². The average molecular weight is 234 g/mol. The highest BCUT2D eigenvalue weighted by Gasteiger charge is 2.08. The van der Waals surface area contributed by atoms with Crippen LogP contribution in [0.25, 0.3) is 0 Å². The highest BCUT2D eigenvalue weighted by molar-refractivity contribution is 7.80. The van der Waals surface area contributed by atoms with Crippen molar-refractivity contribution in [3.63, 3.8) is 0 Å². The normalized spacial score (nSPS) is 12.5. The maximum atomic E-state index is 10.9. The first-order valence-corrected chi connectivity index (χ1v) is 6.30. The molecule has 0 heterocycles. The van der Waals surface area contributed by atoms with Crippen LogP contribution in [0.5, 0.6) is 0 Å². The van der Waals surface area contributed by atoms with Gasteiger partial charge in [-0.3, -0.25) is 4.89 Å². The van der Waals surface area contributed by atoms with Gasteiger partial charge in [0.25, 0.3) is 0 Å². The first-order chi connectivity index (χ1) is 7.24. The summed E-state index contributed by atoms with van der Waals surface area (Å²) in [6.45, 7) is 4.80. The number of hydrogen-bond acceptors (Lipinski definition) is 4. The predicted molar refractivity (Wildman–Crippen MR) is 63.8 cm³/mol. The van der Waals surface area contributed by atoms with Crippen LogP contribution in [-0.4, -0.2) is 18.3 Å².